The van der Waals surface area contributed by atoms with Gasteiger partial charge in [-0.25, -0.2) is 0 Å². The maximum Gasteiger partial charge on any atom is 0.261 e. The van der Waals surface area contributed by atoms with Gasteiger partial charge in [0.1, 0.15) is 0 Å². The van der Waals surface area contributed by atoms with Crippen molar-refractivity contribution in [2.24, 2.45) is 5.92 Å². The average molecular weight is 365 g/mol. The van der Waals surface area contributed by atoms with Gasteiger partial charge in [0.15, 0.2) is 0 Å². The summed E-state index contributed by atoms with van der Waals surface area (Å²) in [6.45, 7) is 2.19. The molecule has 2 aliphatic heterocycles. The maximum atomic E-state index is 12.5. The Morgan fingerprint density at radius 1 is 0.926 bits per heavy atom. The molecule has 0 bridgehead atoms. The summed E-state index contributed by atoms with van der Waals surface area (Å²) in [4.78, 5) is 26.2. The van der Waals surface area contributed by atoms with Gasteiger partial charge < -0.3 is 9.47 Å². The van der Waals surface area contributed by atoms with Crippen LogP contribution in [0.25, 0.3) is 0 Å². The maximum absolute atomic E-state index is 12.5. The minimum Gasteiger partial charge on any atom is -0.376 e. The van der Waals surface area contributed by atoms with E-state index < -0.39 is 0 Å². The van der Waals surface area contributed by atoms with Crippen LogP contribution in [0.5, 0.6) is 0 Å². The number of fused-ring (bicyclic) bond motifs is 1. The number of nitrogens with zero attached hydrogens (tertiary/aromatic N) is 1. The molecule has 2 aliphatic rings. The standard InChI is InChI=1S/C22H23NO4/c24-21-19-8-4-5-9-20(19)22(25)23(21)12-18-11-10-17(15-27-18)14-26-13-16-6-2-1-3-7-16/h1-9,17-18H,10-15H2. The molecule has 140 valence electrons. The minimum atomic E-state index is -0.215. The second kappa shape index (κ2) is 8.03. The molecule has 5 heteroatoms. The summed E-state index contributed by atoms with van der Waals surface area (Å²) in [5.74, 6) is -0.0767. The molecule has 0 aromatic heterocycles. The summed E-state index contributed by atoms with van der Waals surface area (Å²) in [5.41, 5.74) is 2.15. The molecular formula is C22H23NO4. The number of rotatable bonds is 6. The predicted octanol–water partition coefficient (Wildman–Crippen LogP) is 3.29. The summed E-state index contributed by atoms with van der Waals surface area (Å²) in [6.07, 6.45) is 1.70. The molecule has 0 N–H and O–H groups in total. The topological polar surface area (TPSA) is 55.8 Å². The van der Waals surface area contributed by atoms with Crippen LogP contribution in [0.2, 0.25) is 0 Å². The number of benzene rings is 2. The molecule has 2 amide bonds. The molecule has 4 rings (SSSR count). The van der Waals surface area contributed by atoms with E-state index in [2.05, 4.69) is 12.1 Å². The fourth-order valence-corrected chi connectivity index (χ4v) is 3.66. The van der Waals surface area contributed by atoms with Crippen LogP contribution in [0.15, 0.2) is 54.6 Å². The second-order valence-electron chi connectivity index (χ2n) is 7.17. The smallest absolute Gasteiger partial charge is 0.261 e. The minimum absolute atomic E-state index is 0.0995. The van der Waals surface area contributed by atoms with E-state index in [1.165, 1.54) is 4.90 Å². The fourth-order valence-electron chi connectivity index (χ4n) is 3.66. The van der Waals surface area contributed by atoms with E-state index in [-0.39, 0.29) is 17.9 Å². The van der Waals surface area contributed by atoms with Crippen LogP contribution in [0, 0.1) is 5.92 Å². The molecule has 1 saturated heterocycles. The van der Waals surface area contributed by atoms with Crippen LogP contribution in [-0.2, 0) is 16.1 Å². The van der Waals surface area contributed by atoms with Gasteiger partial charge in [0.05, 0.1) is 43.6 Å². The lowest BCUT2D eigenvalue weighted by atomic mass is 9.99. The first kappa shape index (κ1) is 17.9. The first-order valence-corrected chi connectivity index (χ1v) is 9.41. The number of hydrogen-bond donors (Lipinski definition) is 0. The summed E-state index contributed by atoms with van der Waals surface area (Å²) >= 11 is 0. The van der Waals surface area contributed by atoms with E-state index in [0.717, 1.165) is 18.4 Å². The molecule has 27 heavy (non-hydrogen) atoms. The van der Waals surface area contributed by atoms with Gasteiger partial charge in [-0.1, -0.05) is 42.5 Å². The Labute approximate surface area is 158 Å². The van der Waals surface area contributed by atoms with Crippen molar-refractivity contribution in [1.82, 2.24) is 4.90 Å². The van der Waals surface area contributed by atoms with Crippen molar-refractivity contribution in [2.45, 2.75) is 25.6 Å². The number of amides is 2. The van der Waals surface area contributed by atoms with Gasteiger partial charge in [-0.15, -0.1) is 0 Å². The lowest BCUT2D eigenvalue weighted by Gasteiger charge is -2.31. The zero-order valence-electron chi connectivity index (χ0n) is 15.2. The molecule has 2 aromatic rings. The Morgan fingerprint density at radius 2 is 1.59 bits per heavy atom. The Balaban J connectivity index is 1.23. The molecule has 0 aliphatic carbocycles. The van der Waals surface area contributed by atoms with E-state index in [4.69, 9.17) is 9.47 Å². The monoisotopic (exact) mass is 365 g/mol. The third-order valence-corrected chi connectivity index (χ3v) is 5.19. The third kappa shape index (κ3) is 3.94. The molecule has 2 atom stereocenters. The van der Waals surface area contributed by atoms with Gasteiger partial charge in [0.25, 0.3) is 11.8 Å². The van der Waals surface area contributed by atoms with Crippen molar-refractivity contribution in [3.05, 3.63) is 71.3 Å². The highest BCUT2D eigenvalue weighted by atomic mass is 16.5. The molecule has 0 radical (unpaired) electrons. The number of carbonyl (C=O) groups is 2. The van der Waals surface area contributed by atoms with Crippen molar-refractivity contribution in [2.75, 3.05) is 19.8 Å². The van der Waals surface area contributed by atoms with Crippen LogP contribution < -0.4 is 0 Å². The number of carbonyl (C=O) groups excluding carboxylic acids is 2. The van der Waals surface area contributed by atoms with Gasteiger partial charge in [-0.2, -0.15) is 0 Å². The van der Waals surface area contributed by atoms with Crippen molar-refractivity contribution in [3.63, 3.8) is 0 Å². The predicted molar refractivity (Wildman–Crippen MR) is 100 cm³/mol. The van der Waals surface area contributed by atoms with Crippen LogP contribution in [-0.4, -0.2) is 42.6 Å². The molecule has 2 heterocycles. The second-order valence-corrected chi connectivity index (χ2v) is 7.17. The van der Waals surface area contributed by atoms with E-state index in [1.807, 2.05) is 18.2 Å². The summed E-state index contributed by atoms with van der Waals surface area (Å²) in [5, 5.41) is 0. The van der Waals surface area contributed by atoms with Crippen molar-refractivity contribution in [3.8, 4) is 0 Å². The zero-order valence-corrected chi connectivity index (χ0v) is 15.2. The molecule has 2 aromatic carbocycles. The van der Waals surface area contributed by atoms with Gasteiger partial charge in [0.2, 0.25) is 0 Å². The Hall–Kier alpha value is -2.50. The summed E-state index contributed by atoms with van der Waals surface area (Å²) in [6, 6.07) is 17.1. The molecule has 0 saturated carbocycles. The number of hydrogen-bond acceptors (Lipinski definition) is 4. The molecule has 5 nitrogen and oxygen atoms in total. The van der Waals surface area contributed by atoms with Gasteiger partial charge >= 0.3 is 0 Å². The van der Waals surface area contributed by atoms with Gasteiger partial charge in [-0.3, -0.25) is 14.5 Å². The van der Waals surface area contributed by atoms with Crippen LogP contribution >= 0.6 is 0 Å². The fraction of sp³-hybridized carbons (Fsp3) is 0.364. The molecule has 2 unspecified atom stereocenters. The summed E-state index contributed by atoms with van der Waals surface area (Å²) < 4.78 is 11.7. The van der Waals surface area contributed by atoms with Crippen LogP contribution in [0.3, 0.4) is 0 Å². The highest BCUT2D eigenvalue weighted by Crippen LogP contribution is 2.26. The third-order valence-electron chi connectivity index (χ3n) is 5.19. The Bertz CT molecular complexity index is 777. The Kier molecular flexibility index (Phi) is 5.32. The zero-order chi connectivity index (χ0) is 18.6. The van der Waals surface area contributed by atoms with E-state index in [1.54, 1.807) is 24.3 Å². The molecule has 1 fully saturated rings. The van der Waals surface area contributed by atoms with E-state index in [0.29, 0.717) is 43.4 Å². The van der Waals surface area contributed by atoms with Crippen molar-refractivity contribution in [1.29, 1.82) is 0 Å². The molecular weight excluding hydrogens is 342 g/mol. The normalized spacial score (nSPS) is 22.1. The van der Waals surface area contributed by atoms with Crippen molar-refractivity contribution < 1.29 is 19.1 Å². The van der Waals surface area contributed by atoms with Crippen LogP contribution in [0.1, 0.15) is 39.1 Å². The first-order valence-electron chi connectivity index (χ1n) is 9.41. The van der Waals surface area contributed by atoms with Gasteiger partial charge in [0, 0.05) is 5.92 Å². The lowest BCUT2D eigenvalue weighted by Crippen LogP contribution is -2.41. The van der Waals surface area contributed by atoms with Crippen molar-refractivity contribution >= 4 is 11.8 Å². The SMILES string of the molecule is O=C1c2ccccc2C(=O)N1CC1CCC(COCc2ccccc2)CO1. The van der Waals surface area contributed by atoms with E-state index >= 15 is 0 Å². The van der Waals surface area contributed by atoms with Crippen LogP contribution in [0.4, 0.5) is 0 Å². The number of ether oxygens (including phenoxy) is 2. The highest BCUT2D eigenvalue weighted by molar-refractivity contribution is 6.21. The largest absolute Gasteiger partial charge is 0.376 e. The van der Waals surface area contributed by atoms with E-state index in [9.17, 15) is 9.59 Å². The highest BCUT2D eigenvalue weighted by Gasteiger charge is 2.37. The summed E-state index contributed by atoms with van der Waals surface area (Å²) in [7, 11) is 0. The van der Waals surface area contributed by atoms with Gasteiger partial charge in [-0.05, 0) is 30.5 Å². The first-order chi connectivity index (χ1) is 13.2. The number of imide groups is 1. The Morgan fingerprint density at radius 3 is 2.22 bits per heavy atom. The lowest BCUT2D eigenvalue weighted by molar-refractivity contribution is -0.0507. The average Bonchev–Trinajstić information content (AvgIpc) is 2.95. The quantitative estimate of drug-likeness (QED) is 0.737. The molecule has 0 spiro atoms.